The van der Waals surface area contributed by atoms with Crippen LogP contribution < -0.4 is 0 Å². The lowest BCUT2D eigenvalue weighted by atomic mass is 10.1. The van der Waals surface area contributed by atoms with Crippen LogP contribution >= 0.6 is 11.6 Å². The Kier molecular flexibility index (Phi) is 4.09. The van der Waals surface area contributed by atoms with E-state index in [1.807, 2.05) is 0 Å². The van der Waals surface area contributed by atoms with E-state index in [0.29, 0.717) is 22.6 Å². The fourth-order valence-electron chi connectivity index (χ4n) is 2.28. The molecule has 0 spiro atoms. The van der Waals surface area contributed by atoms with E-state index in [9.17, 15) is 13.2 Å². The summed E-state index contributed by atoms with van der Waals surface area (Å²) < 4.78 is 42.2. The predicted octanol–water partition coefficient (Wildman–Crippen LogP) is 4.40. The number of hydrogen-bond acceptors (Lipinski definition) is 2. The van der Waals surface area contributed by atoms with Crippen molar-refractivity contribution in [2.75, 3.05) is 0 Å². The van der Waals surface area contributed by atoms with Gasteiger partial charge in [-0.2, -0.15) is 0 Å². The van der Waals surface area contributed by atoms with Crippen LogP contribution in [0.4, 0.5) is 13.2 Å². The molecule has 118 valence electrons. The molecule has 0 unspecified atom stereocenters. The molecule has 1 aromatic heterocycles. The van der Waals surface area contributed by atoms with Crippen molar-refractivity contribution in [3.63, 3.8) is 0 Å². The van der Waals surface area contributed by atoms with Gasteiger partial charge in [0.25, 0.3) is 0 Å². The number of benzene rings is 2. The maximum Gasteiger partial charge on any atom is 0.128 e. The maximum atomic E-state index is 13.8. The van der Waals surface area contributed by atoms with Gasteiger partial charge in [0.15, 0.2) is 0 Å². The molecule has 23 heavy (non-hydrogen) atoms. The quantitative estimate of drug-likeness (QED) is 0.663. The molecule has 2 aromatic carbocycles. The number of alkyl halides is 1. The molecule has 3 aromatic rings. The van der Waals surface area contributed by atoms with Crippen LogP contribution in [0.5, 0.6) is 0 Å². The highest BCUT2D eigenvalue weighted by Crippen LogP contribution is 2.28. The largest absolute Gasteiger partial charge is 0.212 e. The highest BCUT2D eigenvalue weighted by Gasteiger charge is 2.18. The fraction of sp³-hybridized carbons (Fsp3) is 0.125. The second-order valence-corrected chi connectivity index (χ2v) is 5.29. The Morgan fingerprint density at radius 1 is 1.04 bits per heavy atom. The Balaban J connectivity index is 2.23. The van der Waals surface area contributed by atoms with Crippen molar-refractivity contribution in [1.82, 2.24) is 15.0 Å². The highest BCUT2D eigenvalue weighted by molar-refractivity contribution is 6.17. The van der Waals surface area contributed by atoms with Crippen LogP contribution in [0.25, 0.3) is 16.9 Å². The van der Waals surface area contributed by atoms with Crippen molar-refractivity contribution in [3.8, 4) is 16.9 Å². The van der Waals surface area contributed by atoms with Crippen molar-refractivity contribution in [2.24, 2.45) is 0 Å². The summed E-state index contributed by atoms with van der Waals surface area (Å²) in [6.45, 7) is 1.63. The van der Waals surface area contributed by atoms with Gasteiger partial charge >= 0.3 is 0 Å². The number of rotatable bonds is 3. The SMILES string of the molecule is Cc1ccc(-n2nnc(CCl)c2-c2cc(F)cc(F)c2)cc1F. The monoisotopic (exact) mass is 337 g/mol. The summed E-state index contributed by atoms with van der Waals surface area (Å²) in [6, 6.07) is 7.58. The standard InChI is InChI=1S/C16H11ClF3N3/c1-9-2-3-13(7-14(9)20)23-16(15(8-17)21-22-23)10-4-11(18)6-12(19)5-10/h2-7H,8H2,1H3. The second-order valence-electron chi connectivity index (χ2n) is 5.02. The van der Waals surface area contributed by atoms with Crippen LogP contribution in [0, 0.1) is 24.4 Å². The lowest BCUT2D eigenvalue weighted by Gasteiger charge is -2.09. The summed E-state index contributed by atoms with van der Waals surface area (Å²) in [5, 5.41) is 7.85. The number of hydrogen-bond donors (Lipinski definition) is 0. The van der Waals surface area contributed by atoms with E-state index >= 15 is 0 Å². The number of aromatic nitrogens is 3. The third-order valence-electron chi connectivity index (χ3n) is 3.40. The van der Waals surface area contributed by atoms with Crippen LogP contribution in [0.1, 0.15) is 11.3 Å². The van der Waals surface area contributed by atoms with E-state index < -0.39 is 17.5 Å². The zero-order valence-corrected chi connectivity index (χ0v) is 12.8. The van der Waals surface area contributed by atoms with Gasteiger partial charge in [-0.05, 0) is 36.8 Å². The molecule has 0 saturated carbocycles. The third kappa shape index (κ3) is 2.94. The number of halogens is 4. The lowest BCUT2D eigenvalue weighted by Crippen LogP contribution is -2.02. The number of aryl methyl sites for hydroxylation is 1. The Hall–Kier alpha value is -2.34. The Morgan fingerprint density at radius 3 is 2.35 bits per heavy atom. The lowest BCUT2D eigenvalue weighted by molar-refractivity contribution is 0.584. The Morgan fingerprint density at radius 2 is 1.74 bits per heavy atom. The molecule has 0 fully saturated rings. The minimum absolute atomic E-state index is 0.00179. The van der Waals surface area contributed by atoms with E-state index in [1.54, 1.807) is 19.1 Å². The molecular formula is C16H11ClF3N3. The van der Waals surface area contributed by atoms with Crippen LogP contribution in [0.2, 0.25) is 0 Å². The van der Waals surface area contributed by atoms with Crippen molar-refractivity contribution in [3.05, 3.63) is 65.1 Å². The van der Waals surface area contributed by atoms with Crippen LogP contribution in [-0.4, -0.2) is 15.0 Å². The van der Waals surface area contributed by atoms with E-state index in [2.05, 4.69) is 10.3 Å². The highest BCUT2D eigenvalue weighted by atomic mass is 35.5. The topological polar surface area (TPSA) is 30.7 Å². The van der Waals surface area contributed by atoms with Crippen LogP contribution in [-0.2, 0) is 5.88 Å². The normalized spacial score (nSPS) is 11.0. The summed E-state index contributed by atoms with van der Waals surface area (Å²) in [6.07, 6.45) is 0. The molecular weight excluding hydrogens is 327 g/mol. The first kappa shape index (κ1) is 15.6. The molecule has 0 bridgehead atoms. The van der Waals surface area contributed by atoms with Gasteiger partial charge < -0.3 is 0 Å². The number of nitrogens with zero attached hydrogens (tertiary/aromatic N) is 3. The minimum atomic E-state index is -0.733. The summed E-state index contributed by atoms with van der Waals surface area (Å²) in [7, 11) is 0. The zero-order chi connectivity index (χ0) is 16.6. The van der Waals surface area contributed by atoms with Gasteiger partial charge in [0.2, 0.25) is 0 Å². The first-order valence-corrected chi connectivity index (χ1v) is 7.26. The Labute approximate surface area is 135 Å². The van der Waals surface area contributed by atoms with Gasteiger partial charge in [0.05, 0.1) is 17.3 Å². The van der Waals surface area contributed by atoms with Crippen molar-refractivity contribution in [2.45, 2.75) is 12.8 Å². The van der Waals surface area contributed by atoms with E-state index in [-0.39, 0.29) is 11.4 Å². The van der Waals surface area contributed by atoms with Crippen molar-refractivity contribution >= 4 is 11.6 Å². The van der Waals surface area contributed by atoms with Gasteiger partial charge in [-0.25, -0.2) is 17.9 Å². The molecule has 0 aliphatic heterocycles. The van der Waals surface area contributed by atoms with Crippen molar-refractivity contribution in [1.29, 1.82) is 0 Å². The van der Waals surface area contributed by atoms with Gasteiger partial charge in [-0.1, -0.05) is 11.3 Å². The smallest absolute Gasteiger partial charge is 0.128 e. The molecule has 0 N–H and O–H groups in total. The summed E-state index contributed by atoms with van der Waals surface area (Å²) >= 11 is 5.84. The van der Waals surface area contributed by atoms with Crippen LogP contribution in [0.3, 0.4) is 0 Å². The molecule has 0 amide bonds. The summed E-state index contributed by atoms with van der Waals surface area (Å²) in [5.41, 5.74) is 1.75. The summed E-state index contributed by atoms with van der Waals surface area (Å²) in [5.74, 6) is -1.88. The predicted molar refractivity (Wildman–Crippen MR) is 81.0 cm³/mol. The fourth-order valence-corrected chi connectivity index (χ4v) is 2.46. The molecule has 0 radical (unpaired) electrons. The molecule has 3 rings (SSSR count). The molecule has 7 heteroatoms. The molecule has 0 atom stereocenters. The molecule has 3 nitrogen and oxygen atoms in total. The second kappa shape index (κ2) is 6.04. The molecule has 0 aliphatic carbocycles. The maximum absolute atomic E-state index is 13.8. The Bertz CT molecular complexity index is 857. The van der Waals surface area contributed by atoms with E-state index in [0.717, 1.165) is 18.2 Å². The van der Waals surface area contributed by atoms with Crippen molar-refractivity contribution < 1.29 is 13.2 Å². The molecule has 1 heterocycles. The molecule has 0 aliphatic rings. The average Bonchev–Trinajstić information content (AvgIpc) is 2.93. The van der Waals surface area contributed by atoms with E-state index in [1.165, 1.54) is 10.7 Å². The van der Waals surface area contributed by atoms with Gasteiger partial charge in [-0.15, -0.1) is 16.7 Å². The van der Waals surface area contributed by atoms with Gasteiger partial charge in [-0.3, -0.25) is 0 Å². The van der Waals surface area contributed by atoms with Gasteiger partial charge in [0, 0.05) is 11.6 Å². The zero-order valence-electron chi connectivity index (χ0n) is 12.0. The van der Waals surface area contributed by atoms with E-state index in [4.69, 9.17) is 11.6 Å². The first-order valence-electron chi connectivity index (χ1n) is 6.73. The third-order valence-corrected chi connectivity index (χ3v) is 3.66. The van der Waals surface area contributed by atoms with Gasteiger partial charge in [0.1, 0.15) is 23.1 Å². The minimum Gasteiger partial charge on any atom is -0.212 e. The van der Waals surface area contributed by atoms with Crippen LogP contribution in [0.15, 0.2) is 36.4 Å². The average molecular weight is 338 g/mol. The first-order chi connectivity index (χ1) is 11.0. The molecule has 0 saturated heterocycles. The summed E-state index contributed by atoms with van der Waals surface area (Å²) in [4.78, 5) is 0.